The van der Waals surface area contributed by atoms with Gasteiger partial charge in [-0.1, -0.05) is 6.07 Å². The van der Waals surface area contributed by atoms with Crippen LogP contribution in [0.4, 0.5) is 5.69 Å². The predicted molar refractivity (Wildman–Crippen MR) is 88.7 cm³/mol. The van der Waals surface area contributed by atoms with Crippen LogP contribution in [0.3, 0.4) is 0 Å². The van der Waals surface area contributed by atoms with Gasteiger partial charge in [-0.15, -0.1) is 0 Å². The summed E-state index contributed by atoms with van der Waals surface area (Å²) >= 11 is 0. The molecular weight excluding hydrogens is 314 g/mol. The minimum atomic E-state index is -3.69. The van der Waals surface area contributed by atoms with Crippen LogP contribution in [0.2, 0.25) is 0 Å². The third kappa shape index (κ3) is 4.87. The quantitative estimate of drug-likeness (QED) is 0.899. The largest absolute Gasteiger partial charge is 0.322 e. The summed E-state index contributed by atoms with van der Waals surface area (Å²) in [5, 5.41) is 2.69. The van der Waals surface area contributed by atoms with Crippen LogP contribution in [0.5, 0.6) is 0 Å². The Hall–Kier alpha value is -2.25. The number of anilines is 1. The zero-order valence-electron chi connectivity index (χ0n) is 13.2. The monoisotopic (exact) mass is 333 g/mol. The van der Waals surface area contributed by atoms with Crippen molar-refractivity contribution in [3.63, 3.8) is 0 Å². The molecule has 1 aromatic carbocycles. The summed E-state index contributed by atoms with van der Waals surface area (Å²) in [5.74, 6) is -0.385. The molecule has 2 aromatic rings. The molecule has 0 unspecified atom stereocenters. The molecule has 0 aliphatic carbocycles. The van der Waals surface area contributed by atoms with Crippen LogP contribution >= 0.6 is 0 Å². The first-order chi connectivity index (χ1) is 10.7. The lowest BCUT2D eigenvalue weighted by Gasteiger charge is -2.20. The lowest BCUT2D eigenvalue weighted by Crippen LogP contribution is -2.40. The topological polar surface area (TPSA) is 88.2 Å². The molecule has 0 radical (unpaired) electrons. The number of benzene rings is 1. The van der Waals surface area contributed by atoms with Gasteiger partial charge in [-0.3, -0.25) is 9.78 Å². The van der Waals surface area contributed by atoms with Crippen LogP contribution in [0.25, 0.3) is 0 Å². The van der Waals surface area contributed by atoms with Crippen molar-refractivity contribution < 1.29 is 13.2 Å². The number of nitrogens with zero attached hydrogens (tertiary/aromatic N) is 1. The Labute approximate surface area is 136 Å². The Morgan fingerprint density at radius 3 is 2.35 bits per heavy atom. The van der Waals surface area contributed by atoms with Gasteiger partial charge in [0.25, 0.3) is 5.91 Å². The summed E-state index contributed by atoms with van der Waals surface area (Å²) < 4.78 is 27.2. The molecule has 1 amide bonds. The van der Waals surface area contributed by atoms with Gasteiger partial charge in [0.15, 0.2) is 0 Å². The summed E-state index contributed by atoms with van der Waals surface area (Å²) in [7, 11) is -3.69. The lowest BCUT2D eigenvalue weighted by atomic mass is 10.1. The smallest absolute Gasteiger partial charge is 0.255 e. The number of nitrogens with one attached hydrogen (secondary N) is 2. The molecule has 2 rings (SSSR count). The maximum atomic E-state index is 12.3. The van der Waals surface area contributed by atoms with Gasteiger partial charge in [0.2, 0.25) is 10.0 Å². The van der Waals surface area contributed by atoms with Crippen LogP contribution in [-0.4, -0.2) is 24.8 Å². The number of amides is 1. The molecule has 0 saturated heterocycles. The highest BCUT2D eigenvalue weighted by molar-refractivity contribution is 7.89. The molecule has 23 heavy (non-hydrogen) atoms. The van der Waals surface area contributed by atoms with Crippen molar-refractivity contribution in [3.05, 3.63) is 54.4 Å². The maximum Gasteiger partial charge on any atom is 0.255 e. The first kappa shape index (κ1) is 17.1. The Bertz CT molecular complexity index is 797. The van der Waals surface area contributed by atoms with E-state index >= 15 is 0 Å². The van der Waals surface area contributed by atoms with Crippen molar-refractivity contribution >= 4 is 21.6 Å². The number of pyridine rings is 1. The Balaban J connectivity index is 2.24. The SMILES string of the molecule is CC(C)(C)NS(=O)(=O)c1cccc(C(=O)Nc2ccncc2)c1. The molecule has 0 aliphatic heterocycles. The van der Waals surface area contributed by atoms with E-state index in [4.69, 9.17) is 0 Å². The third-order valence-electron chi connectivity index (χ3n) is 2.79. The van der Waals surface area contributed by atoms with E-state index < -0.39 is 15.6 Å². The fourth-order valence-corrected chi connectivity index (χ4v) is 3.37. The van der Waals surface area contributed by atoms with E-state index in [-0.39, 0.29) is 16.4 Å². The van der Waals surface area contributed by atoms with Crippen molar-refractivity contribution in [2.24, 2.45) is 0 Å². The van der Waals surface area contributed by atoms with Gasteiger partial charge in [-0.2, -0.15) is 0 Å². The van der Waals surface area contributed by atoms with Gasteiger partial charge in [0.1, 0.15) is 0 Å². The first-order valence-electron chi connectivity index (χ1n) is 7.03. The van der Waals surface area contributed by atoms with Gasteiger partial charge in [0, 0.05) is 29.2 Å². The number of hydrogen-bond donors (Lipinski definition) is 2. The van der Waals surface area contributed by atoms with Crippen LogP contribution in [0.1, 0.15) is 31.1 Å². The predicted octanol–water partition coefficient (Wildman–Crippen LogP) is 2.41. The molecule has 122 valence electrons. The number of carbonyl (C=O) groups excluding carboxylic acids is 1. The number of carbonyl (C=O) groups is 1. The zero-order valence-corrected chi connectivity index (χ0v) is 14.0. The van der Waals surface area contributed by atoms with E-state index in [2.05, 4.69) is 15.0 Å². The van der Waals surface area contributed by atoms with Gasteiger partial charge < -0.3 is 5.32 Å². The normalized spacial score (nSPS) is 12.0. The molecule has 0 spiro atoms. The molecule has 0 aliphatic rings. The summed E-state index contributed by atoms with van der Waals surface area (Å²) in [6, 6.07) is 9.21. The van der Waals surface area contributed by atoms with E-state index in [1.165, 1.54) is 12.1 Å². The maximum absolute atomic E-state index is 12.3. The van der Waals surface area contributed by atoms with Crippen LogP contribution in [-0.2, 0) is 10.0 Å². The van der Waals surface area contributed by atoms with Crippen molar-refractivity contribution in [1.82, 2.24) is 9.71 Å². The van der Waals surface area contributed by atoms with Crippen LogP contribution in [0, 0.1) is 0 Å². The highest BCUT2D eigenvalue weighted by atomic mass is 32.2. The van der Waals surface area contributed by atoms with E-state index in [0.29, 0.717) is 5.69 Å². The minimum absolute atomic E-state index is 0.0507. The zero-order chi connectivity index (χ0) is 17.1. The Morgan fingerprint density at radius 2 is 1.74 bits per heavy atom. The molecule has 0 bridgehead atoms. The summed E-state index contributed by atoms with van der Waals surface area (Å²) in [6.07, 6.45) is 3.12. The second-order valence-electron chi connectivity index (χ2n) is 6.07. The minimum Gasteiger partial charge on any atom is -0.322 e. The molecule has 2 N–H and O–H groups in total. The highest BCUT2D eigenvalue weighted by Gasteiger charge is 2.22. The summed E-state index contributed by atoms with van der Waals surface area (Å²) in [5.41, 5.74) is 0.249. The van der Waals surface area contributed by atoms with Crippen molar-refractivity contribution in [2.75, 3.05) is 5.32 Å². The van der Waals surface area contributed by atoms with Crippen molar-refractivity contribution in [2.45, 2.75) is 31.2 Å². The number of hydrogen-bond acceptors (Lipinski definition) is 4. The molecule has 0 fully saturated rings. The number of sulfonamides is 1. The molecule has 6 nitrogen and oxygen atoms in total. The summed E-state index contributed by atoms with van der Waals surface area (Å²) in [4.78, 5) is 16.1. The lowest BCUT2D eigenvalue weighted by molar-refractivity contribution is 0.102. The van der Waals surface area contributed by atoms with Crippen molar-refractivity contribution in [3.8, 4) is 0 Å². The third-order valence-corrected chi connectivity index (χ3v) is 4.54. The second kappa shape index (κ2) is 6.47. The van der Waals surface area contributed by atoms with E-state index in [9.17, 15) is 13.2 Å². The number of aromatic nitrogens is 1. The van der Waals surface area contributed by atoms with Gasteiger partial charge in [0.05, 0.1) is 4.90 Å². The van der Waals surface area contributed by atoms with Gasteiger partial charge >= 0.3 is 0 Å². The fourth-order valence-electron chi connectivity index (χ4n) is 1.91. The number of rotatable bonds is 4. The van der Waals surface area contributed by atoms with Gasteiger partial charge in [-0.05, 0) is 51.1 Å². The Kier molecular flexibility index (Phi) is 4.82. The fraction of sp³-hybridized carbons (Fsp3) is 0.250. The summed E-state index contributed by atoms with van der Waals surface area (Å²) in [6.45, 7) is 5.26. The van der Waals surface area contributed by atoms with E-state index in [1.807, 2.05) is 0 Å². The molecule has 1 heterocycles. The second-order valence-corrected chi connectivity index (χ2v) is 7.76. The first-order valence-corrected chi connectivity index (χ1v) is 8.51. The molecule has 1 aromatic heterocycles. The molecular formula is C16H19N3O3S. The molecule has 0 atom stereocenters. The van der Waals surface area contributed by atoms with Crippen molar-refractivity contribution in [1.29, 1.82) is 0 Å². The van der Waals surface area contributed by atoms with Crippen LogP contribution < -0.4 is 10.0 Å². The average Bonchev–Trinajstić information content (AvgIpc) is 2.46. The van der Waals surface area contributed by atoms with E-state index in [0.717, 1.165) is 0 Å². The standard InChI is InChI=1S/C16H19N3O3S/c1-16(2,3)19-23(21,22)14-6-4-5-12(11-14)15(20)18-13-7-9-17-10-8-13/h4-11,19H,1-3H3,(H,17,18,20). The Morgan fingerprint density at radius 1 is 1.09 bits per heavy atom. The molecule has 0 saturated carbocycles. The van der Waals surface area contributed by atoms with E-state index in [1.54, 1.807) is 57.4 Å². The van der Waals surface area contributed by atoms with Gasteiger partial charge in [-0.25, -0.2) is 13.1 Å². The highest BCUT2D eigenvalue weighted by Crippen LogP contribution is 2.16. The average molecular weight is 333 g/mol. The molecule has 7 heteroatoms. The van der Waals surface area contributed by atoms with Crippen LogP contribution in [0.15, 0.2) is 53.7 Å².